The fourth-order valence-corrected chi connectivity index (χ4v) is 3.23. The molecule has 0 aliphatic heterocycles. The van der Waals surface area contributed by atoms with E-state index < -0.39 is 0 Å². The molecule has 2 rings (SSSR count). The van der Waals surface area contributed by atoms with Crippen molar-refractivity contribution in [2.24, 2.45) is 0 Å². The lowest BCUT2D eigenvalue weighted by Crippen LogP contribution is -2.26. The number of rotatable bonds is 6. The maximum Gasteiger partial charge on any atom is 0.107 e. The molecule has 0 saturated carbocycles. The predicted molar refractivity (Wildman–Crippen MR) is 66.8 cm³/mol. The Morgan fingerprint density at radius 2 is 2.38 bits per heavy atom. The van der Waals surface area contributed by atoms with Gasteiger partial charge in [-0.2, -0.15) is 0 Å². The van der Waals surface area contributed by atoms with Gasteiger partial charge in [0, 0.05) is 18.0 Å². The predicted octanol–water partition coefficient (Wildman–Crippen LogP) is 1.88. The molecule has 0 saturated heterocycles. The summed E-state index contributed by atoms with van der Waals surface area (Å²) in [5.74, 6) is 0. The van der Waals surface area contributed by atoms with E-state index >= 15 is 0 Å². The Morgan fingerprint density at radius 3 is 3.12 bits per heavy atom. The van der Waals surface area contributed by atoms with Crippen molar-refractivity contribution in [1.82, 2.24) is 10.3 Å². The molecule has 1 atom stereocenters. The highest BCUT2D eigenvalue weighted by molar-refractivity contribution is 7.11. The Labute approximate surface area is 101 Å². The van der Waals surface area contributed by atoms with Crippen molar-refractivity contribution in [3.63, 3.8) is 0 Å². The van der Waals surface area contributed by atoms with E-state index in [0.29, 0.717) is 6.54 Å². The van der Waals surface area contributed by atoms with Crippen molar-refractivity contribution < 1.29 is 5.11 Å². The van der Waals surface area contributed by atoms with Crippen LogP contribution in [0.3, 0.4) is 0 Å². The second kappa shape index (κ2) is 5.75. The SMILES string of the molecule is CCCC(O)CNCc1nc2c(s1)CCC2. The summed E-state index contributed by atoms with van der Waals surface area (Å²) in [4.78, 5) is 6.09. The van der Waals surface area contributed by atoms with Gasteiger partial charge in [-0.25, -0.2) is 4.98 Å². The molecule has 1 aliphatic rings. The van der Waals surface area contributed by atoms with Gasteiger partial charge in [0.05, 0.1) is 11.8 Å². The maximum atomic E-state index is 9.56. The Kier molecular flexibility index (Phi) is 4.32. The van der Waals surface area contributed by atoms with Crippen molar-refractivity contribution in [2.75, 3.05) is 6.54 Å². The van der Waals surface area contributed by atoms with Gasteiger partial charge in [-0.3, -0.25) is 0 Å². The van der Waals surface area contributed by atoms with Crippen LogP contribution in [0.4, 0.5) is 0 Å². The van der Waals surface area contributed by atoms with Gasteiger partial charge in [0.1, 0.15) is 5.01 Å². The summed E-state index contributed by atoms with van der Waals surface area (Å²) >= 11 is 1.83. The van der Waals surface area contributed by atoms with E-state index in [1.165, 1.54) is 28.4 Å². The summed E-state index contributed by atoms with van der Waals surface area (Å²) in [6.45, 7) is 3.57. The number of thiazole rings is 1. The lowest BCUT2D eigenvalue weighted by Gasteiger charge is -2.09. The van der Waals surface area contributed by atoms with Crippen molar-refractivity contribution in [1.29, 1.82) is 0 Å². The fraction of sp³-hybridized carbons (Fsp3) is 0.750. The van der Waals surface area contributed by atoms with Gasteiger partial charge in [0.15, 0.2) is 0 Å². The zero-order valence-electron chi connectivity index (χ0n) is 9.83. The van der Waals surface area contributed by atoms with Gasteiger partial charge in [-0.15, -0.1) is 11.3 Å². The number of aryl methyl sites for hydroxylation is 2. The molecule has 1 heterocycles. The lowest BCUT2D eigenvalue weighted by molar-refractivity contribution is 0.160. The van der Waals surface area contributed by atoms with Crippen LogP contribution in [0, 0.1) is 0 Å². The number of fused-ring (bicyclic) bond motifs is 1. The molecule has 4 heteroatoms. The highest BCUT2D eigenvalue weighted by Gasteiger charge is 2.16. The number of aliphatic hydroxyl groups is 1. The molecular weight excluding hydrogens is 220 g/mol. The van der Waals surface area contributed by atoms with Crippen LogP contribution >= 0.6 is 11.3 Å². The quantitative estimate of drug-likeness (QED) is 0.798. The van der Waals surface area contributed by atoms with Crippen LogP contribution in [-0.2, 0) is 19.4 Å². The molecule has 0 radical (unpaired) electrons. The van der Waals surface area contributed by atoms with Crippen molar-refractivity contribution in [2.45, 2.75) is 51.7 Å². The molecule has 1 aliphatic carbocycles. The van der Waals surface area contributed by atoms with Gasteiger partial charge < -0.3 is 10.4 Å². The minimum atomic E-state index is -0.211. The van der Waals surface area contributed by atoms with Gasteiger partial charge in [0.25, 0.3) is 0 Å². The molecule has 3 nitrogen and oxygen atoms in total. The Balaban J connectivity index is 1.73. The second-order valence-electron chi connectivity index (χ2n) is 4.40. The summed E-state index contributed by atoms with van der Waals surface area (Å²) in [7, 11) is 0. The summed E-state index contributed by atoms with van der Waals surface area (Å²) < 4.78 is 0. The molecule has 0 aromatic carbocycles. The second-order valence-corrected chi connectivity index (χ2v) is 5.57. The normalized spacial score (nSPS) is 16.4. The van der Waals surface area contributed by atoms with Crippen molar-refractivity contribution >= 4 is 11.3 Å². The number of aliphatic hydroxyl groups excluding tert-OH is 1. The molecule has 0 spiro atoms. The molecule has 0 fully saturated rings. The molecule has 90 valence electrons. The highest BCUT2D eigenvalue weighted by Crippen LogP contribution is 2.27. The van der Waals surface area contributed by atoms with Crippen LogP contribution in [0.15, 0.2) is 0 Å². The Morgan fingerprint density at radius 1 is 1.50 bits per heavy atom. The van der Waals surface area contributed by atoms with Crippen molar-refractivity contribution in [3.8, 4) is 0 Å². The minimum Gasteiger partial charge on any atom is -0.392 e. The van der Waals surface area contributed by atoms with Gasteiger partial charge in [0.2, 0.25) is 0 Å². The Hall–Kier alpha value is -0.450. The van der Waals surface area contributed by atoms with Crippen molar-refractivity contribution in [3.05, 3.63) is 15.6 Å². The van der Waals surface area contributed by atoms with Crippen LogP contribution in [-0.4, -0.2) is 22.7 Å². The van der Waals surface area contributed by atoms with Gasteiger partial charge in [-0.05, 0) is 25.7 Å². The summed E-state index contributed by atoms with van der Waals surface area (Å²) in [5.41, 5.74) is 1.32. The van der Waals surface area contributed by atoms with E-state index in [0.717, 1.165) is 25.8 Å². The molecule has 16 heavy (non-hydrogen) atoms. The van der Waals surface area contributed by atoms with E-state index in [1.807, 2.05) is 11.3 Å². The highest BCUT2D eigenvalue weighted by atomic mass is 32.1. The monoisotopic (exact) mass is 240 g/mol. The number of nitrogens with zero attached hydrogens (tertiary/aromatic N) is 1. The third-order valence-corrected chi connectivity index (χ3v) is 4.08. The third kappa shape index (κ3) is 3.03. The first-order chi connectivity index (χ1) is 7.79. The van der Waals surface area contributed by atoms with E-state index in [2.05, 4.69) is 17.2 Å². The molecule has 2 N–H and O–H groups in total. The average molecular weight is 240 g/mol. The topological polar surface area (TPSA) is 45.1 Å². The van der Waals surface area contributed by atoms with E-state index in [-0.39, 0.29) is 6.10 Å². The lowest BCUT2D eigenvalue weighted by atomic mass is 10.2. The first kappa shape index (κ1) is 12.0. The maximum absolute atomic E-state index is 9.56. The van der Waals surface area contributed by atoms with Crippen LogP contribution in [0.1, 0.15) is 41.8 Å². The zero-order chi connectivity index (χ0) is 11.4. The largest absolute Gasteiger partial charge is 0.392 e. The molecule has 0 bridgehead atoms. The van der Waals surface area contributed by atoms with Gasteiger partial charge in [-0.1, -0.05) is 13.3 Å². The fourth-order valence-electron chi connectivity index (χ4n) is 2.10. The Bertz CT molecular complexity index is 316. The minimum absolute atomic E-state index is 0.211. The number of hydrogen-bond donors (Lipinski definition) is 2. The summed E-state index contributed by atoms with van der Waals surface area (Å²) in [6, 6.07) is 0. The number of aromatic nitrogens is 1. The summed E-state index contributed by atoms with van der Waals surface area (Å²) in [6.07, 6.45) is 5.35. The molecule has 0 amide bonds. The van der Waals surface area contributed by atoms with E-state index in [1.54, 1.807) is 0 Å². The molecular formula is C12H20N2OS. The standard InChI is InChI=1S/C12H20N2OS/c1-2-4-9(15)7-13-8-12-14-10-5-3-6-11(10)16-12/h9,13,15H,2-8H2,1H3. The van der Waals surface area contributed by atoms with E-state index in [4.69, 9.17) is 0 Å². The van der Waals surface area contributed by atoms with Crippen LogP contribution < -0.4 is 5.32 Å². The molecule has 1 unspecified atom stereocenters. The van der Waals surface area contributed by atoms with Crippen LogP contribution in [0.5, 0.6) is 0 Å². The average Bonchev–Trinajstić information content (AvgIpc) is 2.78. The molecule has 1 aromatic heterocycles. The van der Waals surface area contributed by atoms with E-state index in [9.17, 15) is 5.11 Å². The third-order valence-electron chi connectivity index (χ3n) is 2.92. The first-order valence-corrected chi connectivity index (χ1v) is 6.97. The van der Waals surface area contributed by atoms with Crippen LogP contribution in [0.2, 0.25) is 0 Å². The first-order valence-electron chi connectivity index (χ1n) is 6.16. The van der Waals surface area contributed by atoms with Crippen LogP contribution in [0.25, 0.3) is 0 Å². The number of nitrogens with one attached hydrogen (secondary N) is 1. The summed E-state index contributed by atoms with van der Waals surface area (Å²) in [5, 5.41) is 14.0. The zero-order valence-corrected chi connectivity index (χ0v) is 10.6. The van der Waals surface area contributed by atoms with Gasteiger partial charge >= 0.3 is 0 Å². The smallest absolute Gasteiger partial charge is 0.107 e. The number of hydrogen-bond acceptors (Lipinski definition) is 4. The molecule has 1 aromatic rings.